The first-order chi connectivity index (χ1) is 8.97. The summed E-state index contributed by atoms with van der Waals surface area (Å²) in [5.41, 5.74) is 0.818. The molecule has 1 saturated heterocycles. The first kappa shape index (κ1) is 14.6. The Labute approximate surface area is 122 Å². The van der Waals surface area contributed by atoms with Gasteiger partial charge < -0.3 is 15.7 Å². The number of carbonyl (C=O) groups is 1. The predicted molar refractivity (Wildman–Crippen MR) is 75.4 cm³/mol. The van der Waals surface area contributed by atoms with Crippen LogP contribution in [-0.4, -0.2) is 29.7 Å². The highest BCUT2D eigenvalue weighted by Gasteiger charge is 2.28. The second kappa shape index (κ2) is 6.09. The van der Waals surface area contributed by atoms with Gasteiger partial charge in [-0.3, -0.25) is 4.79 Å². The first-order valence-electron chi connectivity index (χ1n) is 6.14. The number of hydrogen-bond donors (Lipinski definition) is 3. The summed E-state index contributed by atoms with van der Waals surface area (Å²) >= 11 is 11.9. The highest BCUT2D eigenvalue weighted by molar-refractivity contribution is 6.35. The van der Waals surface area contributed by atoms with Crippen molar-refractivity contribution in [1.82, 2.24) is 10.6 Å². The van der Waals surface area contributed by atoms with Gasteiger partial charge in [0.1, 0.15) is 0 Å². The van der Waals surface area contributed by atoms with Crippen LogP contribution < -0.4 is 10.6 Å². The van der Waals surface area contributed by atoms with Crippen molar-refractivity contribution in [2.24, 2.45) is 0 Å². The zero-order valence-corrected chi connectivity index (χ0v) is 12.0. The minimum atomic E-state index is -0.454. The molecule has 1 aliphatic rings. The van der Waals surface area contributed by atoms with Gasteiger partial charge in [-0.1, -0.05) is 29.3 Å². The topological polar surface area (TPSA) is 61.4 Å². The van der Waals surface area contributed by atoms with Gasteiger partial charge in [0, 0.05) is 16.6 Å². The lowest BCUT2D eigenvalue weighted by Gasteiger charge is -2.18. The summed E-state index contributed by atoms with van der Waals surface area (Å²) in [6.45, 7) is 2.31. The van der Waals surface area contributed by atoms with Gasteiger partial charge in [-0.15, -0.1) is 0 Å². The smallest absolute Gasteiger partial charge is 0.237 e. The number of aliphatic hydroxyl groups is 1. The van der Waals surface area contributed by atoms with Gasteiger partial charge >= 0.3 is 0 Å². The highest BCUT2D eigenvalue weighted by atomic mass is 35.5. The highest BCUT2D eigenvalue weighted by Crippen LogP contribution is 2.26. The van der Waals surface area contributed by atoms with Gasteiger partial charge in [0.15, 0.2) is 0 Å². The molecule has 6 heteroatoms. The van der Waals surface area contributed by atoms with Crippen molar-refractivity contribution in [2.45, 2.75) is 31.5 Å². The number of nitrogens with one attached hydrogen (secondary N) is 2. The minimum absolute atomic E-state index is 0.130. The van der Waals surface area contributed by atoms with Crippen LogP contribution in [0.2, 0.25) is 10.0 Å². The number of benzene rings is 1. The molecule has 0 aliphatic carbocycles. The van der Waals surface area contributed by atoms with Crippen LogP contribution in [0, 0.1) is 0 Å². The number of amides is 1. The molecular formula is C13H16Cl2N2O2. The fourth-order valence-electron chi connectivity index (χ4n) is 2.16. The molecule has 0 unspecified atom stereocenters. The van der Waals surface area contributed by atoms with Crippen molar-refractivity contribution in [3.05, 3.63) is 33.8 Å². The molecule has 4 nitrogen and oxygen atoms in total. The molecule has 1 aromatic carbocycles. The third kappa shape index (κ3) is 3.60. The molecule has 19 heavy (non-hydrogen) atoms. The maximum absolute atomic E-state index is 12.0. The van der Waals surface area contributed by atoms with E-state index in [9.17, 15) is 9.90 Å². The standard InChI is InChI=1S/C13H16Cl2N2O2/c1-7(10-3-2-8(14)4-11(10)15)17-13(19)12-5-9(18)6-16-12/h2-4,7,9,12,16,18H,5-6H2,1H3,(H,17,19)/t7-,9-,12+/m0/s1. The van der Waals surface area contributed by atoms with E-state index in [0.29, 0.717) is 23.0 Å². The Morgan fingerprint density at radius 1 is 1.53 bits per heavy atom. The van der Waals surface area contributed by atoms with Crippen molar-refractivity contribution >= 4 is 29.1 Å². The molecule has 1 aliphatic heterocycles. The molecule has 104 valence electrons. The monoisotopic (exact) mass is 302 g/mol. The van der Waals surface area contributed by atoms with Crippen LogP contribution in [0.1, 0.15) is 24.9 Å². The molecule has 0 radical (unpaired) electrons. The van der Waals surface area contributed by atoms with Crippen molar-refractivity contribution in [1.29, 1.82) is 0 Å². The maximum atomic E-state index is 12.0. The quantitative estimate of drug-likeness (QED) is 0.799. The largest absolute Gasteiger partial charge is 0.392 e. The van der Waals surface area contributed by atoms with E-state index in [4.69, 9.17) is 23.2 Å². The second-order valence-corrected chi connectivity index (χ2v) is 5.59. The molecule has 1 amide bonds. The average Bonchev–Trinajstić information content (AvgIpc) is 2.75. The van der Waals surface area contributed by atoms with Gasteiger partial charge in [0.25, 0.3) is 0 Å². The predicted octanol–water partition coefficient (Wildman–Crippen LogP) is 1.89. The van der Waals surface area contributed by atoms with Crippen LogP contribution in [0.25, 0.3) is 0 Å². The lowest BCUT2D eigenvalue weighted by molar-refractivity contribution is -0.123. The zero-order chi connectivity index (χ0) is 14.0. The van der Waals surface area contributed by atoms with Crippen LogP contribution >= 0.6 is 23.2 Å². The summed E-state index contributed by atoms with van der Waals surface area (Å²) in [5.74, 6) is -0.130. The molecule has 0 saturated carbocycles. The van der Waals surface area contributed by atoms with Gasteiger partial charge in [-0.25, -0.2) is 0 Å². The van der Waals surface area contributed by atoms with Crippen LogP contribution in [-0.2, 0) is 4.79 Å². The molecule has 0 bridgehead atoms. The Kier molecular flexibility index (Phi) is 4.68. The van der Waals surface area contributed by atoms with E-state index in [0.717, 1.165) is 5.56 Å². The average molecular weight is 303 g/mol. The van der Waals surface area contributed by atoms with E-state index in [-0.39, 0.29) is 18.0 Å². The summed E-state index contributed by atoms with van der Waals surface area (Å²) in [7, 11) is 0. The summed E-state index contributed by atoms with van der Waals surface area (Å²) in [5, 5.41) is 16.3. The summed E-state index contributed by atoms with van der Waals surface area (Å²) < 4.78 is 0. The van der Waals surface area contributed by atoms with Gasteiger partial charge in [0.05, 0.1) is 18.2 Å². The van der Waals surface area contributed by atoms with Gasteiger partial charge in [-0.05, 0) is 31.0 Å². The number of hydrogen-bond acceptors (Lipinski definition) is 3. The summed E-state index contributed by atoms with van der Waals surface area (Å²) in [6, 6.07) is 4.63. The first-order valence-corrected chi connectivity index (χ1v) is 6.89. The zero-order valence-electron chi connectivity index (χ0n) is 10.5. The van der Waals surface area contributed by atoms with Crippen molar-refractivity contribution in [2.75, 3.05) is 6.54 Å². The van der Waals surface area contributed by atoms with Crippen LogP contribution in [0.3, 0.4) is 0 Å². The Balaban J connectivity index is 2.00. The van der Waals surface area contributed by atoms with Gasteiger partial charge in [0.2, 0.25) is 5.91 Å². The van der Waals surface area contributed by atoms with Crippen LogP contribution in [0.4, 0.5) is 0 Å². The van der Waals surface area contributed by atoms with Gasteiger partial charge in [-0.2, -0.15) is 0 Å². The third-order valence-electron chi connectivity index (χ3n) is 3.21. The second-order valence-electron chi connectivity index (χ2n) is 4.75. The molecule has 2 rings (SSSR count). The van der Waals surface area contributed by atoms with E-state index in [1.165, 1.54) is 0 Å². The van der Waals surface area contributed by atoms with Crippen molar-refractivity contribution in [3.63, 3.8) is 0 Å². The molecule has 0 aromatic heterocycles. The van der Waals surface area contributed by atoms with E-state index in [1.54, 1.807) is 18.2 Å². The fourth-order valence-corrected chi connectivity index (χ4v) is 2.73. The van der Waals surface area contributed by atoms with Crippen LogP contribution in [0.15, 0.2) is 18.2 Å². The van der Waals surface area contributed by atoms with Crippen molar-refractivity contribution < 1.29 is 9.90 Å². The Morgan fingerprint density at radius 2 is 2.26 bits per heavy atom. The minimum Gasteiger partial charge on any atom is -0.392 e. The fraction of sp³-hybridized carbons (Fsp3) is 0.462. The molecule has 3 atom stereocenters. The molecule has 1 aromatic rings. The summed E-state index contributed by atoms with van der Waals surface area (Å²) in [4.78, 5) is 12.0. The molecule has 0 spiro atoms. The van der Waals surface area contributed by atoms with E-state index in [2.05, 4.69) is 10.6 Å². The van der Waals surface area contributed by atoms with E-state index in [1.807, 2.05) is 6.92 Å². The lowest BCUT2D eigenvalue weighted by Crippen LogP contribution is -2.41. The maximum Gasteiger partial charge on any atom is 0.237 e. The number of β-amino-alcohol motifs (C(OH)–C–C–N with tert-alkyl or cyclic N) is 1. The number of carbonyl (C=O) groups excluding carboxylic acids is 1. The molecule has 1 heterocycles. The molecule has 3 N–H and O–H groups in total. The summed E-state index contributed by atoms with van der Waals surface area (Å²) in [6.07, 6.45) is -0.0161. The number of halogens is 2. The van der Waals surface area contributed by atoms with Crippen LogP contribution in [0.5, 0.6) is 0 Å². The molecular weight excluding hydrogens is 287 g/mol. The van der Waals surface area contributed by atoms with E-state index >= 15 is 0 Å². The van der Waals surface area contributed by atoms with E-state index < -0.39 is 6.10 Å². The Bertz CT molecular complexity index is 482. The lowest BCUT2D eigenvalue weighted by atomic mass is 10.1. The van der Waals surface area contributed by atoms with Crippen molar-refractivity contribution in [3.8, 4) is 0 Å². The molecule has 1 fully saturated rings. The third-order valence-corrected chi connectivity index (χ3v) is 3.77. The Hall–Kier alpha value is -0.810. The normalized spacial score (nSPS) is 24.2. The number of aliphatic hydroxyl groups excluding tert-OH is 1. The Morgan fingerprint density at radius 3 is 2.84 bits per heavy atom. The number of rotatable bonds is 3. The SMILES string of the molecule is C[C@H](NC(=O)[C@H]1C[C@H](O)CN1)c1ccc(Cl)cc1Cl.